The second kappa shape index (κ2) is 3.74. The SMILES string of the molecule is Nc1c(-c2cncn2C2CC2)nc2c(Cl)cccn12. The van der Waals surface area contributed by atoms with Crippen LogP contribution in [0.1, 0.15) is 18.9 Å². The highest BCUT2D eigenvalue weighted by Gasteiger charge is 2.27. The van der Waals surface area contributed by atoms with E-state index in [-0.39, 0.29) is 0 Å². The van der Waals surface area contributed by atoms with E-state index < -0.39 is 0 Å². The molecule has 19 heavy (non-hydrogen) atoms. The smallest absolute Gasteiger partial charge is 0.158 e. The Labute approximate surface area is 114 Å². The zero-order valence-electron chi connectivity index (χ0n) is 10.1. The summed E-state index contributed by atoms with van der Waals surface area (Å²) in [6.45, 7) is 0. The molecule has 2 N–H and O–H groups in total. The van der Waals surface area contributed by atoms with Crippen LogP contribution in [0.2, 0.25) is 5.02 Å². The first-order valence-corrected chi connectivity index (χ1v) is 6.58. The second-order valence-electron chi connectivity index (χ2n) is 4.81. The summed E-state index contributed by atoms with van der Waals surface area (Å²) in [6, 6.07) is 4.21. The van der Waals surface area contributed by atoms with Crippen molar-refractivity contribution >= 4 is 23.1 Å². The van der Waals surface area contributed by atoms with E-state index in [0.29, 0.717) is 22.5 Å². The molecule has 0 radical (unpaired) electrons. The van der Waals surface area contributed by atoms with Gasteiger partial charge in [-0.1, -0.05) is 11.6 Å². The standard InChI is InChI=1S/C13H12ClN5/c14-9-2-1-5-18-12(15)11(17-13(9)18)10-6-16-7-19(10)8-3-4-8/h1-2,5-8H,3-4,15H2. The molecule has 1 saturated carbocycles. The summed E-state index contributed by atoms with van der Waals surface area (Å²) in [5, 5.41) is 0.595. The van der Waals surface area contributed by atoms with Gasteiger partial charge in [0.25, 0.3) is 0 Å². The van der Waals surface area contributed by atoms with Crippen LogP contribution in [-0.4, -0.2) is 18.9 Å². The minimum atomic E-state index is 0.539. The number of fused-ring (bicyclic) bond motifs is 1. The van der Waals surface area contributed by atoms with Crippen molar-refractivity contribution in [1.29, 1.82) is 0 Å². The van der Waals surface area contributed by atoms with Crippen molar-refractivity contribution < 1.29 is 0 Å². The summed E-state index contributed by atoms with van der Waals surface area (Å²) in [7, 11) is 0. The first kappa shape index (κ1) is 10.9. The molecule has 0 aliphatic heterocycles. The van der Waals surface area contributed by atoms with Crippen molar-refractivity contribution in [2.45, 2.75) is 18.9 Å². The number of nitrogens with zero attached hydrogens (tertiary/aromatic N) is 4. The third-order valence-electron chi connectivity index (χ3n) is 3.49. The van der Waals surface area contributed by atoms with E-state index in [9.17, 15) is 0 Å². The van der Waals surface area contributed by atoms with Crippen molar-refractivity contribution in [3.8, 4) is 11.4 Å². The maximum absolute atomic E-state index is 6.19. The number of hydrogen-bond acceptors (Lipinski definition) is 3. The van der Waals surface area contributed by atoms with Crippen LogP contribution in [0.3, 0.4) is 0 Å². The Morgan fingerprint density at radius 2 is 2.21 bits per heavy atom. The highest BCUT2D eigenvalue weighted by Crippen LogP contribution is 2.39. The monoisotopic (exact) mass is 273 g/mol. The van der Waals surface area contributed by atoms with Gasteiger partial charge in [0.15, 0.2) is 5.65 Å². The summed E-state index contributed by atoms with van der Waals surface area (Å²) in [5.74, 6) is 0.597. The Balaban J connectivity index is 1.98. The van der Waals surface area contributed by atoms with Crippen LogP contribution in [0, 0.1) is 0 Å². The van der Waals surface area contributed by atoms with Crippen molar-refractivity contribution in [3.05, 3.63) is 35.9 Å². The number of pyridine rings is 1. The van der Waals surface area contributed by atoms with Gasteiger partial charge in [0, 0.05) is 12.2 Å². The highest BCUT2D eigenvalue weighted by atomic mass is 35.5. The number of halogens is 1. The van der Waals surface area contributed by atoms with E-state index in [4.69, 9.17) is 17.3 Å². The fourth-order valence-electron chi connectivity index (χ4n) is 2.37. The predicted octanol–water partition coefficient (Wildman–Crippen LogP) is 2.77. The summed E-state index contributed by atoms with van der Waals surface area (Å²) in [6.07, 6.45) is 7.90. The molecule has 6 heteroatoms. The van der Waals surface area contributed by atoms with Gasteiger partial charge in [-0.3, -0.25) is 4.40 Å². The van der Waals surface area contributed by atoms with Crippen LogP contribution in [0.4, 0.5) is 5.82 Å². The van der Waals surface area contributed by atoms with Gasteiger partial charge in [0.2, 0.25) is 0 Å². The molecule has 0 amide bonds. The summed E-state index contributed by atoms with van der Waals surface area (Å²) in [5.41, 5.74) is 8.58. The number of nitrogens with two attached hydrogens (primary N) is 1. The minimum absolute atomic E-state index is 0.539. The molecule has 3 aromatic rings. The molecule has 96 valence electrons. The molecule has 5 nitrogen and oxygen atoms in total. The van der Waals surface area contributed by atoms with Crippen LogP contribution in [-0.2, 0) is 0 Å². The number of aromatic nitrogens is 4. The molecule has 0 aromatic carbocycles. The Morgan fingerprint density at radius 3 is 2.95 bits per heavy atom. The Kier molecular flexibility index (Phi) is 2.14. The summed E-state index contributed by atoms with van der Waals surface area (Å²) < 4.78 is 3.95. The van der Waals surface area contributed by atoms with Gasteiger partial charge in [-0.15, -0.1) is 0 Å². The average molecular weight is 274 g/mol. The lowest BCUT2D eigenvalue weighted by Gasteiger charge is -2.04. The maximum atomic E-state index is 6.19. The molecule has 1 fully saturated rings. The molecule has 3 heterocycles. The minimum Gasteiger partial charge on any atom is -0.383 e. The molecular weight excluding hydrogens is 262 g/mol. The Hall–Kier alpha value is -2.01. The van der Waals surface area contributed by atoms with Crippen LogP contribution in [0.15, 0.2) is 30.9 Å². The zero-order chi connectivity index (χ0) is 13.0. The maximum Gasteiger partial charge on any atom is 0.158 e. The van der Waals surface area contributed by atoms with Crippen LogP contribution >= 0.6 is 11.6 Å². The predicted molar refractivity (Wildman–Crippen MR) is 74.1 cm³/mol. The second-order valence-corrected chi connectivity index (χ2v) is 5.22. The van der Waals surface area contributed by atoms with Gasteiger partial charge in [0.1, 0.15) is 11.5 Å². The van der Waals surface area contributed by atoms with Crippen molar-refractivity contribution in [2.24, 2.45) is 0 Å². The largest absolute Gasteiger partial charge is 0.383 e. The molecule has 1 aliphatic rings. The van der Waals surface area contributed by atoms with Gasteiger partial charge in [0.05, 0.1) is 23.2 Å². The van der Waals surface area contributed by atoms with Gasteiger partial charge in [-0.25, -0.2) is 9.97 Å². The molecule has 0 atom stereocenters. The fourth-order valence-corrected chi connectivity index (χ4v) is 2.58. The van der Waals surface area contributed by atoms with E-state index in [1.165, 1.54) is 12.8 Å². The molecule has 0 bridgehead atoms. The Morgan fingerprint density at radius 1 is 1.37 bits per heavy atom. The average Bonchev–Trinajstić information content (AvgIpc) is 3.04. The molecular formula is C13H12ClN5. The van der Waals surface area contributed by atoms with Gasteiger partial charge in [-0.2, -0.15) is 0 Å². The number of rotatable bonds is 2. The van der Waals surface area contributed by atoms with Gasteiger partial charge in [-0.05, 0) is 25.0 Å². The summed E-state index contributed by atoms with van der Waals surface area (Å²) in [4.78, 5) is 8.79. The van der Waals surface area contributed by atoms with E-state index in [1.54, 1.807) is 0 Å². The quantitative estimate of drug-likeness (QED) is 0.781. The first-order chi connectivity index (χ1) is 9.25. The van der Waals surface area contributed by atoms with Crippen LogP contribution in [0.5, 0.6) is 0 Å². The van der Waals surface area contributed by atoms with Gasteiger partial charge < -0.3 is 10.3 Å². The van der Waals surface area contributed by atoms with E-state index in [2.05, 4.69) is 14.5 Å². The fraction of sp³-hybridized carbons (Fsp3) is 0.231. The zero-order valence-corrected chi connectivity index (χ0v) is 10.9. The normalized spacial score (nSPS) is 15.2. The lowest BCUT2D eigenvalue weighted by molar-refractivity contribution is 0.746. The molecule has 4 rings (SSSR count). The molecule has 0 spiro atoms. The lowest BCUT2D eigenvalue weighted by Crippen LogP contribution is -1.98. The van der Waals surface area contributed by atoms with Gasteiger partial charge >= 0.3 is 0 Å². The number of nitrogen functional groups attached to an aromatic ring is 1. The molecule has 3 aromatic heterocycles. The lowest BCUT2D eigenvalue weighted by atomic mass is 10.3. The van der Waals surface area contributed by atoms with Crippen molar-refractivity contribution in [2.75, 3.05) is 5.73 Å². The topological polar surface area (TPSA) is 61.1 Å². The van der Waals surface area contributed by atoms with Crippen LogP contribution < -0.4 is 5.73 Å². The third kappa shape index (κ3) is 1.55. The highest BCUT2D eigenvalue weighted by molar-refractivity contribution is 6.33. The van der Waals surface area contributed by atoms with E-state index in [0.717, 1.165) is 11.4 Å². The van der Waals surface area contributed by atoms with E-state index in [1.807, 2.05) is 35.3 Å². The Bertz CT molecular complexity index is 769. The molecule has 1 aliphatic carbocycles. The number of imidazole rings is 2. The number of anilines is 1. The summed E-state index contributed by atoms with van der Waals surface area (Å²) >= 11 is 6.16. The molecule has 0 unspecified atom stereocenters. The van der Waals surface area contributed by atoms with Crippen molar-refractivity contribution in [1.82, 2.24) is 18.9 Å². The third-order valence-corrected chi connectivity index (χ3v) is 3.78. The van der Waals surface area contributed by atoms with Crippen LogP contribution in [0.25, 0.3) is 17.0 Å². The molecule has 0 saturated heterocycles. The number of hydrogen-bond donors (Lipinski definition) is 1. The van der Waals surface area contributed by atoms with E-state index >= 15 is 0 Å². The van der Waals surface area contributed by atoms with Crippen molar-refractivity contribution in [3.63, 3.8) is 0 Å². The first-order valence-electron chi connectivity index (χ1n) is 6.20.